The molecule has 0 radical (unpaired) electrons. The monoisotopic (exact) mass is 680 g/mol. The van der Waals surface area contributed by atoms with Crippen molar-refractivity contribution >= 4 is 30.8 Å². The standard InChI is InChI=1S/C17H20F2O2.C13H10F3N3.C3H9NS.C2H6/c1-3-4-8-17(2,9-13(11-20)12-21)10-14-6-5-7-15(18)16(14)19;1-9(3-2-4-12(15)16)11(5-14)10-7-18-13(6-17)19-8-10;1-3(5)4-2;1-2/h5-7,9,11-12H,3-4,8,10H2,1-2H3;2-5,7-8,12H,1H3;3-5H,1-2H3;1-2H3/b;4-2+,9-3-,11-5+;;. The van der Waals surface area contributed by atoms with Gasteiger partial charge in [-0.2, -0.15) is 17.9 Å². The van der Waals surface area contributed by atoms with Crippen LogP contribution >= 0.6 is 12.6 Å². The molecule has 1 N–H and O–H groups in total. The summed E-state index contributed by atoms with van der Waals surface area (Å²) < 4.78 is 63.8. The van der Waals surface area contributed by atoms with Gasteiger partial charge in [-0.25, -0.2) is 31.9 Å². The van der Waals surface area contributed by atoms with Gasteiger partial charge in [0, 0.05) is 28.9 Å². The Morgan fingerprint density at radius 2 is 1.72 bits per heavy atom. The van der Waals surface area contributed by atoms with Crippen LogP contribution in [0.5, 0.6) is 0 Å². The molecule has 0 spiro atoms. The van der Waals surface area contributed by atoms with Crippen LogP contribution in [0.4, 0.5) is 22.0 Å². The van der Waals surface area contributed by atoms with E-state index in [1.807, 2.05) is 41.7 Å². The molecule has 2 rings (SSSR count). The second-order valence-electron chi connectivity index (χ2n) is 9.99. The van der Waals surface area contributed by atoms with Gasteiger partial charge >= 0.3 is 0 Å². The van der Waals surface area contributed by atoms with E-state index in [2.05, 4.69) is 27.9 Å². The van der Waals surface area contributed by atoms with Crippen LogP contribution in [0.1, 0.15) is 77.8 Å². The number of allylic oxidation sites excluding steroid dienone is 7. The Hall–Kier alpha value is -3.95. The topological polar surface area (TPSA) is 95.7 Å². The van der Waals surface area contributed by atoms with Crippen molar-refractivity contribution in [1.82, 2.24) is 15.3 Å². The molecule has 0 aliphatic heterocycles. The molecule has 0 aliphatic rings. The molecule has 12 heteroatoms. The van der Waals surface area contributed by atoms with E-state index in [1.54, 1.807) is 19.1 Å². The lowest BCUT2D eigenvalue weighted by atomic mass is 9.78. The fourth-order valence-electron chi connectivity index (χ4n) is 3.69. The van der Waals surface area contributed by atoms with Crippen LogP contribution in [0.3, 0.4) is 0 Å². The second kappa shape index (κ2) is 26.2. The van der Waals surface area contributed by atoms with Gasteiger partial charge in [-0.1, -0.05) is 70.9 Å². The van der Waals surface area contributed by atoms with Crippen molar-refractivity contribution < 1.29 is 31.5 Å². The zero-order valence-corrected chi connectivity index (χ0v) is 28.8. The molecule has 1 aromatic carbocycles. The lowest BCUT2D eigenvalue weighted by Crippen LogP contribution is -2.19. The Morgan fingerprint density at radius 1 is 1.15 bits per heavy atom. The molecule has 2 atom stereocenters. The highest BCUT2D eigenvalue weighted by Crippen LogP contribution is 2.32. The summed E-state index contributed by atoms with van der Waals surface area (Å²) in [6, 6.07) is 5.79. The van der Waals surface area contributed by atoms with Crippen molar-refractivity contribution in [2.24, 2.45) is 5.41 Å². The molecule has 0 saturated carbocycles. The Kier molecular flexibility index (Phi) is 25.1. The summed E-state index contributed by atoms with van der Waals surface area (Å²) >= 11 is 3.99. The van der Waals surface area contributed by atoms with Crippen molar-refractivity contribution in [3.8, 4) is 6.07 Å². The van der Waals surface area contributed by atoms with Crippen LogP contribution in [-0.2, 0) is 16.0 Å². The van der Waals surface area contributed by atoms with Crippen LogP contribution < -0.4 is 5.32 Å². The Bertz CT molecular complexity index is 1360. The van der Waals surface area contributed by atoms with Gasteiger partial charge in [-0.15, -0.1) is 0 Å². The molecule has 0 aliphatic carbocycles. The number of hydrogen-bond acceptors (Lipinski definition) is 7. The van der Waals surface area contributed by atoms with Crippen molar-refractivity contribution in [3.05, 3.63) is 101 Å². The number of unbranched alkanes of at least 4 members (excludes halogenated alkanes) is 1. The fraction of sp³-hybridized carbons (Fsp3) is 0.400. The molecule has 1 heterocycles. The Morgan fingerprint density at radius 3 is 2.17 bits per heavy atom. The number of nitrogens with one attached hydrogen (secondary N) is 1. The number of thiol groups is 1. The second-order valence-corrected chi connectivity index (χ2v) is 10.8. The van der Waals surface area contributed by atoms with Gasteiger partial charge < -0.3 is 5.32 Å². The summed E-state index contributed by atoms with van der Waals surface area (Å²) in [6.07, 6.45) is 8.83. The number of rotatable bonds is 13. The van der Waals surface area contributed by atoms with Gasteiger partial charge in [0.05, 0.1) is 11.9 Å². The van der Waals surface area contributed by atoms with Crippen molar-refractivity contribution in [3.63, 3.8) is 0 Å². The van der Waals surface area contributed by atoms with Crippen LogP contribution in [0.25, 0.3) is 5.57 Å². The zero-order chi connectivity index (χ0) is 36.4. The summed E-state index contributed by atoms with van der Waals surface area (Å²) in [6.45, 7) is 11.4. The van der Waals surface area contributed by atoms with E-state index >= 15 is 0 Å². The molecular formula is C35H45F5N4O2S. The van der Waals surface area contributed by atoms with E-state index in [9.17, 15) is 31.5 Å². The Labute approximate surface area is 281 Å². The predicted octanol–water partition coefficient (Wildman–Crippen LogP) is 8.96. The maximum absolute atomic E-state index is 13.8. The number of nitriles is 1. The van der Waals surface area contributed by atoms with E-state index in [1.165, 1.54) is 30.6 Å². The molecule has 6 nitrogen and oxygen atoms in total. The molecule has 0 bridgehead atoms. The van der Waals surface area contributed by atoms with Crippen LogP contribution in [0.15, 0.2) is 72.4 Å². The fourth-order valence-corrected chi connectivity index (χ4v) is 3.69. The van der Waals surface area contributed by atoms with E-state index in [-0.39, 0.29) is 29.0 Å². The molecule has 2 aromatic rings. The smallest absolute Gasteiger partial charge is 0.257 e. The molecule has 2 unspecified atom stereocenters. The molecule has 0 fully saturated rings. The van der Waals surface area contributed by atoms with Crippen molar-refractivity contribution in [2.45, 2.75) is 79.0 Å². The third-order valence-corrected chi connectivity index (χ3v) is 6.39. The quantitative estimate of drug-likeness (QED) is 0.0321. The largest absolute Gasteiger partial charge is 0.309 e. The van der Waals surface area contributed by atoms with E-state index < -0.39 is 23.5 Å². The number of carbonyl (C=O) groups is 2. The molecule has 258 valence electrons. The maximum Gasteiger partial charge on any atom is 0.257 e. The number of nitrogens with zero attached hydrogens (tertiary/aromatic N) is 3. The number of alkyl halides is 2. The zero-order valence-electron chi connectivity index (χ0n) is 27.9. The average Bonchev–Trinajstić information content (AvgIpc) is 3.07. The summed E-state index contributed by atoms with van der Waals surface area (Å²) in [7, 11) is 1.87. The van der Waals surface area contributed by atoms with Crippen molar-refractivity contribution in [2.75, 3.05) is 7.05 Å². The van der Waals surface area contributed by atoms with E-state index in [0.717, 1.165) is 25.0 Å². The third-order valence-electron chi connectivity index (χ3n) is 6.13. The van der Waals surface area contributed by atoms with Gasteiger partial charge in [0.15, 0.2) is 24.2 Å². The van der Waals surface area contributed by atoms with E-state index in [0.29, 0.717) is 47.9 Å². The van der Waals surface area contributed by atoms with Gasteiger partial charge in [-0.05, 0) is 62.4 Å². The SMILES string of the molecule is CC.CC(=C/C=C/C(F)F)/C(=C\F)c1cnc(C#N)nc1.CCCCC(C)(C=C(C=O)C=O)Cc1cccc(F)c1F.CNC(C)S. The molecule has 0 saturated heterocycles. The number of hydrogen-bond donors (Lipinski definition) is 2. The lowest BCUT2D eigenvalue weighted by Gasteiger charge is -2.27. The number of halogens is 5. The Balaban J connectivity index is 0. The first kappa shape index (κ1) is 45.2. The van der Waals surface area contributed by atoms with Crippen molar-refractivity contribution in [1.29, 1.82) is 5.26 Å². The predicted molar refractivity (Wildman–Crippen MR) is 181 cm³/mol. The molecular weight excluding hydrogens is 635 g/mol. The summed E-state index contributed by atoms with van der Waals surface area (Å²) in [5.41, 5.74) is 0.685. The summed E-state index contributed by atoms with van der Waals surface area (Å²) in [4.78, 5) is 29.1. The minimum Gasteiger partial charge on any atom is -0.309 e. The minimum absolute atomic E-state index is 0.0267. The highest BCUT2D eigenvalue weighted by molar-refractivity contribution is 7.80. The van der Waals surface area contributed by atoms with Gasteiger partial charge in [0.25, 0.3) is 6.43 Å². The van der Waals surface area contributed by atoms with Crippen LogP contribution in [-0.4, -0.2) is 41.4 Å². The molecule has 47 heavy (non-hydrogen) atoms. The number of aldehydes is 2. The number of aromatic nitrogens is 2. The summed E-state index contributed by atoms with van der Waals surface area (Å²) in [5.74, 6) is -1.78. The average molecular weight is 681 g/mol. The minimum atomic E-state index is -2.56. The number of carbonyl (C=O) groups excluding carboxylic acids is 2. The molecule has 0 amide bonds. The third kappa shape index (κ3) is 19.3. The maximum atomic E-state index is 13.8. The first-order chi connectivity index (χ1) is 22.3. The van der Waals surface area contributed by atoms with Gasteiger partial charge in [0.1, 0.15) is 6.07 Å². The lowest BCUT2D eigenvalue weighted by molar-refractivity contribution is -0.109. The van der Waals surface area contributed by atoms with E-state index in [4.69, 9.17) is 5.26 Å². The first-order valence-corrected chi connectivity index (χ1v) is 15.4. The normalized spacial score (nSPS) is 13.0. The van der Waals surface area contributed by atoms with Gasteiger partial charge in [-0.3, -0.25) is 9.59 Å². The summed E-state index contributed by atoms with van der Waals surface area (Å²) in [5, 5.41) is 11.8. The highest BCUT2D eigenvalue weighted by Gasteiger charge is 2.25. The first-order valence-electron chi connectivity index (χ1n) is 14.9. The van der Waals surface area contributed by atoms with Gasteiger partial charge in [0.2, 0.25) is 5.82 Å². The van der Waals surface area contributed by atoms with Crippen LogP contribution in [0.2, 0.25) is 0 Å². The molecule has 1 aromatic heterocycles. The van der Waals surface area contributed by atoms with Crippen LogP contribution in [0, 0.1) is 28.4 Å². The number of benzene rings is 1. The highest BCUT2D eigenvalue weighted by atomic mass is 32.1.